The molecule has 5 nitrogen and oxygen atoms in total. The summed E-state index contributed by atoms with van der Waals surface area (Å²) in [4.78, 5) is 3.86. The van der Waals surface area contributed by atoms with Crippen LogP contribution in [-0.2, 0) is 21.3 Å². The van der Waals surface area contributed by atoms with Crippen LogP contribution in [0.5, 0.6) is 0 Å². The summed E-state index contributed by atoms with van der Waals surface area (Å²) in [5.41, 5.74) is 0.488. The highest BCUT2D eigenvalue weighted by atomic mass is 35.5. The molecule has 0 fully saturated rings. The van der Waals surface area contributed by atoms with Crippen molar-refractivity contribution in [2.45, 2.75) is 18.4 Å². The van der Waals surface area contributed by atoms with Gasteiger partial charge in [-0.1, -0.05) is 34.4 Å². The van der Waals surface area contributed by atoms with Crippen LogP contribution in [0, 0.1) is 6.92 Å². The van der Waals surface area contributed by atoms with E-state index in [1.807, 2.05) is 0 Å². The molecule has 0 bridgehead atoms. The molecule has 1 aromatic heterocycles. The van der Waals surface area contributed by atoms with Gasteiger partial charge in [0.15, 0.2) is 15.7 Å². The fourth-order valence-corrected chi connectivity index (χ4v) is 3.39. The molecule has 1 heterocycles. The minimum absolute atomic E-state index is 0.0718. The molecule has 0 radical (unpaired) electrons. The molecule has 102 valence electrons. The quantitative estimate of drug-likeness (QED) is 0.866. The Labute approximate surface area is 120 Å². The van der Waals surface area contributed by atoms with Crippen molar-refractivity contribution in [2.24, 2.45) is 0 Å². The van der Waals surface area contributed by atoms with Crippen molar-refractivity contribution < 1.29 is 12.9 Å². The number of halogens is 2. The van der Waals surface area contributed by atoms with Crippen LogP contribution in [0.15, 0.2) is 22.7 Å². The highest BCUT2D eigenvalue weighted by molar-refractivity contribution is 7.89. The van der Waals surface area contributed by atoms with Crippen LogP contribution >= 0.6 is 23.2 Å². The second kappa shape index (κ2) is 5.48. The SMILES string of the molecule is Cc1noc(CS(=O)(=O)Cc2ccc(Cl)cc2Cl)n1. The van der Waals surface area contributed by atoms with E-state index in [4.69, 9.17) is 27.7 Å². The molecule has 0 spiro atoms. The number of nitrogens with zero attached hydrogens (tertiary/aromatic N) is 2. The first kappa shape index (κ1) is 14.3. The van der Waals surface area contributed by atoms with Crippen LogP contribution in [0.1, 0.15) is 17.3 Å². The van der Waals surface area contributed by atoms with E-state index in [1.165, 1.54) is 6.07 Å². The molecule has 0 N–H and O–H groups in total. The first-order chi connectivity index (χ1) is 8.85. The van der Waals surface area contributed by atoms with E-state index < -0.39 is 9.84 Å². The lowest BCUT2D eigenvalue weighted by atomic mass is 10.2. The molecule has 0 unspecified atom stereocenters. The maximum absolute atomic E-state index is 12.0. The zero-order chi connectivity index (χ0) is 14.0. The van der Waals surface area contributed by atoms with E-state index in [0.29, 0.717) is 21.4 Å². The van der Waals surface area contributed by atoms with Crippen LogP contribution in [0.25, 0.3) is 0 Å². The fourth-order valence-electron chi connectivity index (χ4n) is 1.51. The number of rotatable bonds is 4. The Morgan fingerprint density at radius 1 is 1.26 bits per heavy atom. The Hall–Kier alpha value is -1.11. The molecule has 8 heteroatoms. The third-order valence-electron chi connectivity index (χ3n) is 2.30. The average molecular weight is 321 g/mol. The summed E-state index contributed by atoms with van der Waals surface area (Å²) >= 11 is 11.7. The number of benzene rings is 1. The summed E-state index contributed by atoms with van der Waals surface area (Å²) in [5.74, 6) is -0.0469. The zero-order valence-corrected chi connectivity index (χ0v) is 12.3. The summed E-state index contributed by atoms with van der Waals surface area (Å²) in [7, 11) is -3.43. The van der Waals surface area contributed by atoms with E-state index in [1.54, 1.807) is 19.1 Å². The number of hydrogen-bond acceptors (Lipinski definition) is 5. The van der Waals surface area contributed by atoms with Crippen LogP contribution in [-0.4, -0.2) is 18.6 Å². The molecule has 2 aromatic rings. The Kier molecular flexibility index (Phi) is 4.13. The summed E-state index contributed by atoms with van der Waals surface area (Å²) < 4.78 is 28.8. The van der Waals surface area contributed by atoms with Crippen molar-refractivity contribution in [3.05, 3.63) is 45.5 Å². The number of aromatic nitrogens is 2. The molecule has 2 rings (SSSR count). The van der Waals surface area contributed by atoms with Gasteiger partial charge in [0.25, 0.3) is 0 Å². The Bertz CT molecular complexity index is 698. The second-order valence-corrected chi connectivity index (χ2v) is 6.91. The van der Waals surface area contributed by atoms with Gasteiger partial charge in [0, 0.05) is 10.0 Å². The topological polar surface area (TPSA) is 73.1 Å². The number of sulfone groups is 1. The lowest BCUT2D eigenvalue weighted by molar-refractivity contribution is 0.384. The van der Waals surface area contributed by atoms with Crippen molar-refractivity contribution in [3.63, 3.8) is 0 Å². The van der Waals surface area contributed by atoms with Gasteiger partial charge in [0.05, 0.1) is 5.75 Å². The molecular weight excluding hydrogens is 311 g/mol. The van der Waals surface area contributed by atoms with Crippen molar-refractivity contribution in [1.29, 1.82) is 0 Å². The van der Waals surface area contributed by atoms with Crippen molar-refractivity contribution in [1.82, 2.24) is 10.1 Å². The summed E-state index contributed by atoms with van der Waals surface area (Å²) in [6.45, 7) is 1.62. The van der Waals surface area contributed by atoms with Crippen molar-refractivity contribution in [3.8, 4) is 0 Å². The van der Waals surface area contributed by atoms with Gasteiger partial charge in [-0.3, -0.25) is 0 Å². The first-order valence-electron chi connectivity index (χ1n) is 5.29. The zero-order valence-electron chi connectivity index (χ0n) is 9.93. The standard InChI is InChI=1S/C11H10Cl2N2O3S/c1-7-14-11(18-15-7)6-19(16,17)5-8-2-3-9(12)4-10(8)13/h2-4H,5-6H2,1H3. The van der Waals surface area contributed by atoms with E-state index >= 15 is 0 Å². The summed E-state index contributed by atoms with van der Waals surface area (Å²) in [5, 5.41) is 4.32. The van der Waals surface area contributed by atoms with Crippen molar-refractivity contribution in [2.75, 3.05) is 0 Å². The van der Waals surface area contributed by atoms with Crippen molar-refractivity contribution >= 4 is 33.0 Å². The highest BCUT2D eigenvalue weighted by Gasteiger charge is 2.19. The van der Waals surface area contributed by atoms with Gasteiger partial charge in [0.1, 0.15) is 5.75 Å². The molecule has 0 saturated carbocycles. The van der Waals surface area contributed by atoms with Gasteiger partial charge >= 0.3 is 0 Å². The Morgan fingerprint density at radius 3 is 2.58 bits per heavy atom. The highest BCUT2D eigenvalue weighted by Crippen LogP contribution is 2.23. The second-order valence-electron chi connectivity index (χ2n) is 4.00. The van der Waals surface area contributed by atoms with Gasteiger partial charge in [-0.15, -0.1) is 0 Å². The van der Waals surface area contributed by atoms with Gasteiger partial charge in [-0.25, -0.2) is 8.42 Å². The third-order valence-corrected chi connectivity index (χ3v) is 4.33. The molecule has 19 heavy (non-hydrogen) atoms. The Balaban J connectivity index is 2.17. The molecule has 1 aromatic carbocycles. The molecule has 0 saturated heterocycles. The van der Waals surface area contributed by atoms with Crippen LogP contribution in [0.2, 0.25) is 10.0 Å². The summed E-state index contributed by atoms with van der Waals surface area (Å²) in [6, 6.07) is 4.68. The van der Waals surface area contributed by atoms with Gasteiger partial charge in [-0.2, -0.15) is 4.98 Å². The molecule has 0 atom stereocenters. The predicted molar refractivity (Wildman–Crippen MR) is 71.8 cm³/mol. The molecule has 0 amide bonds. The summed E-state index contributed by atoms with van der Waals surface area (Å²) in [6.07, 6.45) is 0. The normalized spacial score (nSPS) is 11.7. The largest absolute Gasteiger partial charge is 0.338 e. The fraction of sp³-hybridized carbons (Fsp3) is 0.273. The average Bonchev–Trinajstić information content (AvgIpc) is 2.67. The minimum atomic E-state index is -3.43. The predicted octanol–water partition coefficient (Wildman–Crippen LogP) is 2.80. The van der Waals surface area contributed by atoms with Gasteiger partial charge < -0.3 is 4.52 Å². The van der Waals surface area contributed by atoms with Crippen LogP contribution in [0.3, 0.4) is 0 Å². The number of hydrogen-bond donors (Lipinski definition) is 0. The number of aryl methyl sites for hydroxylation is 1. The monoisotopic (exact) mass is 320 g/mol. The first-order valence-corrected chi connectivity index (χ1v) is 7.87. The third kappa shape index (κ3) is 3.92. The lowest BCUT2D eigenvalue weighted by Crippen LogP contribution is -2.08. The van der Waals surface area contributed by atoms with E-state index in [2.05, 4.69) is 10.1 Å². The molecule has 0 aliphatic heterocycles. The maximum Gasteiger partial charge on any atom is 0.241 e. The maximum atomic E-state index is 12.0. The van der Waals surface area contributed by atoms with Crippen LogP contribution < -0.4 is 0 Å². The van der Waals surface area contributed by atoms with Crippen LogP contribution in [0.4, 0.5) is 0 Å². The smallest absolute Gasteiger partial charge is 0.241 e. The van der Waals surface area contributed by atoms with E-state index in [0.717, 1.165) is 0 Å². The minimum Gasteiger partial charge on any atom is -0.338 e. The van der Waals surface area contributed by atoms with E-state index in [9.17, 15) is 8.42 Å². The molecular formula is C11H10Cl2N2O3S. The molecule has 0 aliphatic carbocycles. The lowest BCUT2D eigenvalue weighted by Gasteiger charge is -2.04. The van der Waals surface area contributed by atoms with Gasteiger partial charge in [-0.05, 0) is 24.6 Å². The Morgan fingerprint density at radius 2 is 2.00 bits per heavy atom. The van der Waals surface area contributed by atoms with Gasteiger partial charge in [0.2, 0.25) is 5.89 Å². The molecule has 0 aliphatic rings. The van der Waals surface area contributed by atoms with E-state index in [-0.39, 0.29) is 17.4 Å².